The standard InChI is InChI=1S/C53H30F9N5/c54-51(55,56)35-21-23-38-39-24-22-36(52(57,58)59)28-47(39)67(46(38)27-35)48-40(45-30-44(33-17-9-3-10-18-33)63-49(66-45)34-19-11-4-12-20-34)25-37(53(60,61)62)26-41(48)50-64-42(31-13-5-1-6-14-31)29-43(65-50)32-15-7-2-8-16-32/h1-30H. The minimum atomic E-state index is -5.06. The molecule has 3 aromatic heterocycles. The first-order valence-electron chi connectivity index (χ1n) is 20.6. The van der Waals surface area contributed by atoms with Crippen LogP contribution in [0.15, 0.2) is 182 Å². The van der Waals surface area contributed by atoms with Crippen molar-refractivity contribution in [3.8, 4) is 73.5 Å². The summed E-state index contributed by atoms with van der Waals surface area (Å²) in [6, 6.07) is 44.8. The highest BCUT2D eigenvalue weighted by atomic mass is 19.4. The van der Waals surface area contributed by atoms with Crippen LogP contribution in [0, 0.1) is 0 Å². The number of aromatic nitrogens is 5. The molecule has 5 nitrogen and oxygen atoms in total. The van der Waals surface area contributed by atoms with Gasteiger partial charge in [0.1, 0.15) is 0 Å². The van der Waals surface area contributed by atoms with Gasteiger partial charge in [-0.05, 0) is 48.5 Å². The largest absolute Gasteiger partial charge is 0.416 e. The van der Waals surface area contributed by atoms with Crippen LogP contribution in [0.5, 0.6) is 0 Å². The van der Waals surface area contributed by atoms with Crippen molar-refractivity contribution < 1.29 is 39.5 Å². The zero-order chi connectivity index (χ0) is 46.7. The van der Waals surface area contributed by atoms with Gasteiger partial charge in [-0.3, -0.25) is 0 Å². The van der Waals surface area contributed by atoms with Crippen molar-refractivity contribution in [1.29, 1.82) is 0 Å². The maximum Gasteiger partial charge on any atom is 0.416 e. The first kappa shape index (κ1) is 42.8. The summed E-state index contributed by atoms with van der Waals surface area (Å²) < 4.78 is 136. The molecule has 0 aliphatic carbocycles. The molecule has 0 unspecified atom stereocenters. The van der Waals surface area contributed by atoms with Gasteiger partial charge in [0, 0.05) is 44.2 Å². The highest BCUT2D eigenvalue weighted by molar-refractivity contribution is 6.11. The lowest BCUT2D eigenvalue weighted by molar-refractivity contribution is -0.138. The smallest absolute Gasteiger partial charge is 0.308 e. The Kier molecular flexibility index (Phi) is 10.5. The molecule has 0 amide bonds. The fourth-order valence-corrected chi connectivity index (χ4v) is 8.16. The molecular weight excluding hydrogens is 878 g/mol. The molecule has 10 aromatic rings. The Hall–Kier alpha value is -8.13. The fraction of sp³-hybridized carbons (Fsp3) is 0.0566. The Bertz CT molecular complexity index is 3130. The van der Waals surface area contributed by atoms with E-state index in [9.17, 15) is 26.3 Å². The minimum Gasteiger partial charge on any atom is -0.308 e. The lowest BCUT2D eigenvalue weighted by Crippen LogP contribution is -2.11. The Labute approximate surface area is 375 Å². The van der Waals surface area contributed by atoms with Gasteiger partial charge in [-0.1, -0.05) is 133 Å². The van der Waals surface area contributed by atoms with Gasteiger partial charge in [-0.2, -0.15) is 39.5 Å². The van der Waals surface area contributed by atoms with Crippen LogP contribution in [0.3, 0.4) is 0 Å². The lowest BCUT2D eigenvalue weighted by Gasteiger charge is -2.22. The van der Waals surface area contributed by atoms with E-state index >= 15 is 13.2 Å². The SMILES string of the molecule is FC(F)(F)c1cc(-c2cc(-c3ccccc3)nc(-c3ccccc3)n2)c(-n2c3cc(C(F)(F)F)ccc3c3ccc(C(F)(F)F)cc32)c(-c2nc(-c3ccccc3)cc(-c3ccccc3)n2)c1. The van der Waals surface area contributed by atoms with Gasteiger partial charge < -0.3 is 4.57 Å². The van der Waals surface area contributed by atoms with Gasteiger partial charge in [0.05, 0.1) is 56.2 Å². The molecule has 330 valence electrons. The van der Waals surface area contributed by atoms with E-state index in [0.717, 1.165) is 53.1 Å². The van der Waals surface area contributed by atoms with E-state index in [1.165, 1.54) is 6.07 Å². The molecule has 67 heavy (non-hydrogen) atoms. The summed E-state index contributed by atoms with van der Waals surface area (Å²) in [4.78, 5) is 19.3. The quantitative estimate of drug-likeness (QED) is 0.150. The predicted molar refractivity (Wildman–Crippen MR) is 240 cm³/mol. The van der Waals surface area contributed by atoms with Gasteiger partial charge in [0.2, 0.25) is 0 Å². The van der Waals surface area contributed by atoms with Crippen molar-refractivity contribution in [1.82, 2.24) is 24.5 Å². The minimum absolute atomic E-state index is 0.0801. The number of rotatable bonds is 7. The van der Waals surface area contributed by atoms with Gasteiger partial charge in [0.15, 0.2) is 11.6 Å². The number of nitrogens with zero attached hydrogens (tertiary/aromatic N) is 5. The summed E-state index contributed by atoms with van der Waals surface area (Å²) in [5.74, 6) is -0.228. The molecule has 7 aromatic carbocycles. The molecule has 14 heteroatoms. The molecule has 0 atom stereocenters. The van der Waals surface area contributed by atoms with Crippen LogP contribution >= 0.6 is 0 Å². The third-order valence-electron chi connectivity index (χ3n) is 11.3. The van der Waals surface area contributed by atoms with E-state index in [2.05, 4.69) is 0 Å². The van der Waals surface area contributed by atoms with Gasteiger partial charge in [-0.15, -0.1) is 0 Å². The zero-order valence-corrected chi connectivity index (χ0v) is 34.5. The highest BCUT2D eigenvalue weighted by Crippen LogP contribution is 2.47. The van der Waals surface area contributed by atoms with Crippen molar-refractivity contribution in [2.45, 2.75) is 18.5 Å². The third-order valence-corrected chi connectivity index (χ3v) is 11.3. The monoisotopic (exact) mass is 907 g/mol. The van der Waals surface area contributed by atoms with Gasteiger partial charge >= 0.3 is 18.5 Å². The van der Waals surface area contributed by atoms with E-state index in [1.54, 1.807) is 127 Å². The lowest BCUT2D eigenvalue weighted by atomic mass is 9.96. The number of halogens is 9. The highest BCUT2D eigenvalue weighted by Gasteiger charge is 2.37. The van der Waals surface area contributed by atoms with Crippen molar-refractivity contribution in [3.05, 3.63) is 199 Å². The van der Waals surface area contributed by atoms with Gasteiger partial charge in [0.25, 0.3) is 0 Å². The van der Waals surface area contributed by atoms with E-state index < -0.39 is 35.2 Å². The van der Waals surface area contributed by atoms with E-state index in [-0.39, 0.29) is 73.0 Å². The van der Waals surface area contributed by atoms with Crippen LogP contribution in [0.4, 0.5) is 39.5 Å². The van der Waals surface area contributed by atoms with Crippen molar-refractivity contribution in [2.75, 3.05) is 0 Å². The number of hydrogen-bond donors (Lipinski definition) is 0. The van der Waals surface area contributed by atoms with Crippen molar-refractivity contribution in [2.24, 2.45) is 0 Å². The number of fused-ring (bicyclic) bond motifs is 3. The predicted octanol–water partition coefficient (Wildman–Crippen LogP) is 15.4. The Morgan fingerprint density at radius 2 is 0.672 bits per heavy atom. The molecule has 0 bridgehead atoms. The average Bonchev–Trinajstić information content (AvgIpc) is 3.66. The van der Waals surface area contributed by atoms with Crippen LogP contribution in [-0.4, -0.2) is 24.5 Å². The molecule has 0 spiro atoms. The summed E-state index contributed by atoms with van der Waals surface area (Å²) in [6.45, 7) is 0. The van der Waals surface area contributed by atoms with E-state index in [1.807, 2.05) is 0 Å². The first-order chi connectivity index (χ1) is 32.1. The van der Waals surface area contributed by atoms with E-state index in [4.69, 9.17) is 19.9 Å². The van der Waals surface area contributed by atoms with Crippen LogP contribution in [-0.2, 0) is 18.5 Å². The van der Waals surface area contributed by atoms with Crippen molar-refractivity contribution >= 4 is 21.8 Å². The molecule has 0 saturated carbocycles. The molecule has 10 rings (SSSR count). The molecule has 0 aliphatic rings. The summed E-state index contributed by atoms with van der Waals surface area (Å²) in [5.41, 5.74) is -2.17. The van der Waals surface area contributed by atoms with E-state index in [0.29, 0.717) is 22.3 Å². The van der Waals surface area contributed by atoms with Crippen LogP contribution < -0.4 is 0 Å². The maximum absolute atomic E-state index is 15.6. The maximum atomic E-state index is 15.6. The molecule has 0 saturated heterocycles. The molecule has 0 N–H and O–H groups in total. The molecule has 0 fully saturated rings. The molecule has 3 heterocycles. The molecule has 0 radical (unpaired) electrons. The summed E-state index contributed by atoms with van der Waals surface area (Å²) in [5, 5.41) is 0.185. The second-order valence-corrected chi connectivity index (χ2v) is 15.6. The average molecular weight is 908 g/mol. The third kappa shape index (κ3) is 8.26. The first-order valence-corrected chi connectivity index (χ1v) is 20.6. The van der Waals surface area contributed by atoms with Crippen molar-refractivity contribution in [3.63, 3.8) is 0 Å². The Morgan fingerprint density at radius 1 is 0.313 bits per heavy atom. The topological polar surface area (TPSA) is 56.5 Å². The van der Waals surface area contributed by atoms with Crippen LogP contribution in [0.1, 0.15) is 16.7 Å². The normalized spacial score (nSPS) is 12.3. The fourth-order valence-electron chi connectivity index (χ4n) is 8.16. The Balaban J connectivity index is 1.43. The summed E-state index contributed by atoms with van der Waals surface area (Å²) in [6.07, 6.45) is -14.9. The number of hydrogen-bond acceptors (Lipinski definition) is 4. The molecule has 0 aliphatic heterocycles. The zero-order valence-electron chi connectivity index (χ0n) is 34.5. The number of alkyl halides is 9. The van der Waals surface area contributed by atoms with Crippen LogP contribution in [0.2, 0.25) is 0 Å². The Morgan fingerprint density at radius 3 is 1.09 bits per heavy atom. The summed E-state index contributed by atoms with van der Waals surface area (Å²) in [7, 11) is 0. The second-order valence-electron chi connectivity index (χ2n) is 15.6. The van der Waals surface area contributed by atoms with Crippen LogP contribution in [0.25, 0.3) is 95.3 Å². The number of benzene rings is 7. The summed E-state index contributed by atoms with van der Waals surface area (Å²) >= 11 is 0. The molecular formula is C53H30F9N5. The van der Waals surface area contributed by atoms with Gasteiger partial charge in [-0.25, -0.2) is 19.9 Å². The second kappa shape index (κ2) is 16.4.